The lowest BCUT2D eigenvalue weighted by Gasteiger charge is -2.24. The van der Waals surface area contributed by atoms with Crippen LogP contribution in [-0.4, -0.2) is 48.1 Å². The van der Waals surface area contributed by atoms with Crippen molar-refractivity contribution in [3.05, 3.63) is 0 Å². The molecule has 3 nitrogen and oxygen atoms in total. The van der Waals surface area contributed by atoms with Crippen molar-refractivity contribution in [2.45, 2.75) is 36.7 Å². The quantitative estimate of drug-likeness (QED) is 0.596. The van der Waals surface area contributed by atoms with Gasteiger partial charge in [-0.1, -0.05) is 0 Å². The summed E-state index contributed by atoms with van der Waals surface area (Å²) in [6.45, 7) is 6.45. The number of guanidine groups is 1. The summed E-state index contributed by atoms with van der Waals surface area (Å²) in [5, 5.41) is 7.58. The third kappa shape index (κ3) is 5.91. The summed E-state index contributed by atoms with van der Waals surface area (Å²) < 4.78 is 0.250. The van der Waals surface area contributed by atoms with E-state index in [0.29, 0.717) is 0 Å². The maximum atomic E-state index is 4.26. The van der Waals surface area contributed by atoms with E-state index in [9.17, 15) is 0 Å². The summed E-state index contributed by atoms with van der Waals surface area (Å²) in [5.41, 5.74) is 0. The Hall–Kier alpha value is -0.0300. The minimum atomic E-state index is 0.250. The second-order valence-electron chi connectivity index (χ2n) is 4.91. The predicted molar refractivity (Wildman–Crippen MR) is 82.4 cm³/mol. The summed E-state index contributed by atoms with van der Waals surface area (Å²) in [6.07, 6.45) is 4.85. The van der Waals surface area contributed by atoms with Crippen LogP contribution in [0.25, 0.3) is 0 Å². The standard InChI is InChI=1S/C12H25N3S2/c1-12(2,16-4)9-15-11(13-3)14-8-10-6-5-7-17-10/h10H,5-9H2,1-4H3,(H2,13,14,15). The SMILES string of the molecule is CN=C(NCC1CCCS1)NCC(C)(C)SC. The number of aliphatic imine (C=N–C) groups is 1. The molecule has 0 aromatic rings. The molecule has 0 spiro atoms. The van der Waals surface area contributed by atoms with Crippen LogP contribution < -0.4 is 10.6 Å². The third-order valence-corrected chi connectivity index (χ3v) is 5.63. The van der Waals surface area contributed by atoms with Crippen LogP contribution in [0.15, 0.2) is 4.99 Å². The molecule has 1 rings (SSSR count). The second kappa shape index (κ2) is 7.41. The van der Waals surface area contributed by atoms with E-state index in [1.54, 1.807) is 0 Å². The molecule has 0 aromatic carbocycles. The molecule has 1 unspecified atom stereocenters. The molecular weight excluding hydrogens is 250 g/mol. The van der Waals surface area contributed by atoms with Crippen LogP contribution in [-0.2, 0) is 0 Å². The van der Waals surface area contributed by atoms with E-state index < -0.39 is 0 Å². The highest BCUT2D eigenvalue weighted by molar-refractivity contribution is 8.00. The zero-order valence-corrected chi connectivity index (χ0v) is 13.0. The van der Waals surface area contributed by atoms with Gasteiger partial charge in [-0.15, -0.1) is 0 Å². The summed E-state index contributed by atoms with van der Waals surface area (Å²) in [6, 6.07) is 0. The fraction of sp³-hybridized carbons (Fsp3) is 0.917. The Morgan fingerprint density at radius 3 is 2.76 bits per heavy atom. The molecular formula is C12H25N3S2. The molecule has 0 saturated carbocycles. The second-order valence-corrected chi connectivity index (χ2v) is 7.83. The molecule has 1 heterocycles. The van der Waals surface area contributed by atoms with Crippen LogP contribution in [0.5, 0.6) is 0 Å². The van der Waals surface area contributed by atoms with Crippen molar-refractivity contribution in [2.75, 3.05) is 32.1 Å². The molecule has 2 N–H and O–H groups in total. The molecule has 100 valence electrons. The summed E-state index contributed by atoms with van der Waals surface area (Å²) in [4.78, 5) is 4.26. The molecule has 1 aliphatic rings. The number of hydrogen-bond donors (Lipinski definition) is 2. The molecule has 0 amide bonds. The Balaban J connectivity index is 2.24. The van der Waals surface area contributed by atoms with Crippen molar-refractivity contribution >= 4 is 29.5 Å². The van der Waals surface area contributed by atoms with Gasteiger partial charge in [0.2, 0.25) is 0 Å². The van der Waals surface area contributed by atoms with Crippen molar-refractivity contribution in [3.63, 3.8) is 0 Å². The number of nitrogens with one attached hydrogen (secondary N) is 2. The number of nitrogens with zero attached hydrogens (tertiary/aromatic N) is 1. The topological polar surface area (TPSA) is 36.4 Å². The smallest absolute Gasteiger partial charge is 0.191 e. The van der Waals surface area contributed by atoms with Gasteiger partial charge in [-0.05, 0) is 38.7 Å². The van der Waals surface area contributed by atoms with E-state index in [4.69, 9.17) is 0 Å². The van der Waals surface area contributed by atoms with Gasteiger partial charge in [0.1, 0.15) is 0 Å². The van der Waals surface area contributed by atoms with Crippen molar-refractivity contribution in [1.82, 2.24) is 10.6 Å². The lowest BCUT2D eigenvalue weighted by atomic mass is 10.2. The van der Waals surface area contributed by atoms with Gasteiger partial charge in [0, 0.05) is 30.1 Å². The fourth-order valence-corrected chi connectivity index (χ4v) is 3.02. The zero-order chi connectivity index (χ0) is 12.7. The van der Waals surface area contributed by atoms with Crippen LogP contribution in [0, 0.1) is 0 Å². The molecule has 0 radical (unpaired) electrons. The first-order valence-corrected chi connectivity index (χ1v) is 8.46. The number of rotatable bonds is 5. The first-order chi connectivity index (χ1) is 8.07. The van der Waals surface area contributed by atoms with E-state index >= 15 is 0 Å². The van der Waals surface area contributed by atoms with E-state index in [1.807, 2.05) is 18.8 Å². The maximum absolute atomic E-state index is 4.26. The minimum absolute atomic E-state index is 0.250. The molecule has 0 aliphatic carbocycles. The van der Waals surface area contributed by atoms with Gasteiger partial charge < -0.3 is 10.6 Å². The van der Waals surface area contributed by atoms with Gasteiger partial charge in [-0.25, -0.2) is 0 Å². The lowest BCUT2D eigenvalue weighted by Crippen LogP contribution is -2.44. The van der Waals surface area contributed by atoms with Gasteiger partial charge in [-0.2, -0.15) is 23.5 Å². The zero-order valence-electron chi connectivity index (χ0n) is 11.4. The fourth-order valence-electron chi connectivity index (χ4n) is 1.61. The van der Waals surface area contributed by atoms with E-state index in [1.165, 1.54) is 18.6 Å². The Labute approximate surface area is 114 Å². The number of thioether (sulfide) groups is 2. The Kier molecular flexibility index (Phi) is 6.55. The molecule has 5 heteroatoms. The summed E-state index contributed by atoms with van der Waals surface area (Å²) in [7, 11) is 1.84. The first-order valence-electron chi connectivity index (χ1n) is 6.18. The minimum Gasteiger partial charge on any atom is -0.355 e. The maximum Gasteiger partial charge on any atom is 0.191 e. The van der Waals surface area contributed by atoms with Gasteiger partial charge in [-0.3, -0.25) is 4.99 Å². The van der Waals surface area contributed by atoms with Crippen LogP contribution in [0.2, 0.25) is 0 Å². The third-order valence-electron chi connectivity index (χ3n) is 2.98. The number of hydrogen-bond acceptors (Lipinski definition) is 3. The molecule has 1 saturated heterocycles. The van der Waals surface area contributed by atoms with Crippen molar-refractivity contribution in [3.8, 4) is 0 Å². The normalized spacial score (nSPS) is 21.6. The van der Waals surface area contributed by atoms with E-state index in [0.717, 1.165) is 24.3 Å². The summed E-state index contributed by atoms with van der Waals surface area (Å²) >= 11 is 3.95. The molecule has 1 aliphatic heterocycles. The van der Waals surface area contributed by atoms with Crippen molar-refractivity contribution in [2.24, 2.45) is 4.99 Å². The van der Waals surface area contributed by atoms with Crippen molar-refractivity contribution < 1.29 is 0 Å². The van der Waals surface area contributed by atoms with Crippen molar-refractivity contribution in [1.29, 1.82) is 0 Å². The molecule has 1 atom stereocenters. The Morgan fingerprint density at radius 2 is 2.24 bits per heavy atom. The highest BCUT2D eigenvalue weighted by Gasteiger charge is 2.18. The van der Waals surface area contributed by atoms with Crippen LogP contribution in [0.1, 0.15) is 26.7 Å². The van der Waals surface area contributed by atoms with Gasteiger partial charge in [0.05, 0.1) is 0 Å². The monoisotopic (exact) mass is 275 g/mol. The Morgan fingerprint density at radius 1 is 1.47 bits per heavy atom. The average molecular weight is 275 g/mol. The van der Waals surface area contributed by atoms with E-state index in [-0.39, 0.29) is 4.75 Å². The van der Waals surface area contributed by atoms with Gasteiger partial charge in [0.15, 0.2) is 5.96 Å². The summed E-state index contributed by atoms with van der Waals surface area (Å²) in [5.74, 6) is 2.25. The molecule has 17 heavy (non-hydrogen) atoms. The average Bonchev–Trinajstić information content (AvgIpc) is 2.82. The molecule has 1 fully saturated rings. The largest absolute Gasteiger partial charge is 0.355 e. The lowest BCUT2D eigenvalue weighted by molar-refractivity contribution is 0.658. The van der Waals surface area contributed by atoms with Gasteiger partial charge in [0.25, 0.3) is 0 Å². The predicted octanol–water partition coefficient (Wildman–Crippen LogP) is 2.19. The highest BCUT2D eigenvalue weighted by Crippen LogP contribution is 2.25. The molecule has 0 aromatic heterocycles. The van der Waals surface area contributed by atoms with E-state index in [2.05, 4.69) is 47.5 Å². The van der Waals surface area contributed by atoms with Crippen LogP contribution >= 0.6 is 23.5 Å². The molecule has 0 bridgehead atoms. The van der Waals surface area contributed by atoms with Gasteiger partial charge >= 0.3 is 0 Å². The van der Waals surface area contributed by atoms with Crippen LogP contribution in [0.3, 0.4) is 0 Å². The Bertz CT molecular complexity index is 248. The first kappa shape index (κ1) is 15.0. The highest BCUT2D eigenvalue weighted by atomic mass is 32.2. The van der Waals surface area contributed by atoms with Crippen LogP contribution in [0.4, 0.5) is 0 Å².